The number of anilines is 1. The molecule has 0 amide bonds. The van der Waals surface area contributed by atoms with E-state index in [4.69, 9.17) is 4.74 Å². The van der Waals surface area contributed by atoms with E-state index in [1.54, 1.807) is 0 Å². The van der Waals surface area contributed by atoms with Crippen LogP contribution in [0.5, 0.6) is 11.6 Å². The third-order valence-corrected chi connectivity index (χ3v) is 3.19. The summed E-state index contributed by atoms with van der Waals surface area (Å²) in [6.07, 6.45) is 1.95. The van der Waals surface area contributed by atoms with Crippen LogP contribution in [0.3, 0.4) is 0 Å². The second-order valence-electron chi connectivity index (χ2n) is 4.53. The van der Waals surface area contributed by atoms with Crippen LogP contribution in [0.2, 0.25) is 0 Å². The maximum atomic E-state index is 5.87. The number of nitrogens with one attached hydrogen (secondary N) is 1. The molecule has 0 atom stereocenters. The van der Waals surface area contributed by atoms with Crippen LogP contribution in [0.4, 0.5) is 5.82 Å². The van der Waals surface area contributed by atoms with E-state index in [1.165, 1.54) is 22.9 Å². The zero-order valence-corrected chi connectivity index (χ0v) is 13.0. The Balaban J connectivity index is 2.29. The molecule has 0 bridgehead atoms. The number of ether oxygens (including phenoxy) is 1. The molecule has 2 aromatic rings. The Morgan fingerprint density at radius 1 is 1.10 bits per heavy atom. The minimum atomic E-state index is 0.560. The Morgan fingerprint density at radius 3 is 2.40 bits per heavy atom. The molecule has 0 unspecified atom stereocenters. The first-order valence-corrected chi connectivity index (χ1v) is 7.76. The van der Waals surface area contributed by atoms with Gasteiger partial charge >= 0.3 is 0 Å². The summed E-state index contributed by atoms with van der Waals surface area (Å²) in [6.45, 7) is 6.95. The van der Waals surface area contributed by atoms with Crippen molar-refractivity contribution in [3.8, 4) is 11.6 Å². The molecule has 0 aliphatic carbocycles. The van der Waals surface area contributed by atoms with Crippen molar-refractivity contribution in [1.82, 2.24) is 9.97 Å². The lowest BCUT2D eigenvalue weighted by molar-refractivity contribution is 0.455. The summed E-state index contributed by atoms with van der Waals surface area (Å²) >= 11 is 1.50. The molecular formula is C15H19N3OS. The second-order valence-corrected chi connectivity index (χ2v) is 5.31. The molecule has 20 heavy (non-hydrogen) atoms. The lowest BCUT2D eigenvalue weighted by Gasteiger charge is -2.10. The number of aromatic nitrogens is 2. The van der Waals surface area contributed by atoms with Crippen LogP contribution in [-0.4, -0.2) is 22.8 Å². The zero-order valence-electron chi connectivity index (χ0n) is 12.2. The van der Waals surface area contributed by atoms with Gasteiger partial charge in [0.25, 0.3) is 0 Å². The van der Waals surface area contributed by atoms with E-state index in [9.17, 15) is 0 Å². The predicted octanol–water partition coefficient (Wildman–Crippen LogP) is 4.04. The van der Waals surface area contributed by atoms with Crippen molar-refractivity contribution in [2.45, 2.75) is 25.9 Å². The number of thioether (sulfide) groups is 1. The molecule has 0 saturated carbocycles. The summed E-state index contributed by atoms with van der Waals surface area (Å²) in [5, 5.41) is 3.88. The highest BCUT2D eigenvalue weighted by Crippen LogP contribution is 2.25. The Kier molecular flexibility index (Phi) is 4.84. The number of nitrogens with zero attached hydrogens (tertiary/aromatic N) is 2. The molecule has 1 heterocycles. The van der Waals surface area contributed by atoms with Crippen molar-refractivity contribution in [1.29, 1.82) is 0 Å². The van der Waals surface area contributed by atoms with Crippen molar-refractivity contribution >= 4 is 17.6 Å². The average molecular weight is 289 g/mol. The zero-order chi connectivity index (χ0) is 14.5. The molecule has 1 aromatic heterocycles. The van der Waals surface area contributed by atoms with Gasteiger partial charge in [0.15, 0.2) is 5.16 Å². The van der Waals surface area contributed by atoms with Crippen molar-refractivity contribution in [3.63, 3.8) is 0 Å². The smallest absolute Gasteiger partial charge is 0.225 e. The Morgan fingerprint density at radius 2 is 1.80 bits per heavy atom. The molecule has 106 valence electrons. The largest absolute Gasteiger partial charge is 0.439 e. The Hall–Kier alpha value is -1.75. The fourth-order valence-electron chi connectivity index (χ4n) is 1.93. The van der Waals surface area contributed by atoms with Crippen molar-refractivity contribution in [2.24, 2.45) is 0 Å². The highest BCUT2D eigenvalue weighted by atomic mass is 32.2. The van der Waals surface area contributed by atoms with Gasteiger partial charge in [0.05, 0.1) is 0 Å². The monoisotopic (exact) mass is 289 g/mol. The van der Waals surface area contributed by atoms with Crippen LogP contribution in [0.1, 0.15) is 18.1 Å². The average Bonchev–Trinajstić information content (AvgIpc) is 2.37. The van der Waals surface area contributed by atoms with E-state index in [2.05, 4.69) is 35.2 Å². The normalized spacial score (nSPS) is 10.4. The van der Waals surface area contributed by atoms with Gasteiger partial charge in [0, 0.05) is 12.6 Å². The molecule has 0 aliphatic heterocycles. The van der Waals surface area contributed by atoms with E-state index in [-0.39, 0.29) is 0 Å². The molecule has 0 saturated heterocycles. The number of hydrogen-bond acceptors (Lipinski definition) is 5. The maximum absolute atomic E-state index is 5.87. The van der Waals surface area contributed by atoms with Crippen molar-refractivity contribution in [2.75, 3.05) is 18.1 Å². The molecule has 0 fully saturated rings. The number of rotatable bonds is 5. The van der Waals surface area contributed by atoms with Crippen molar-refractivity contribution in [3.05, 3.63) is 35.4 Å². The molecule has 1 N–H and O–H groups in total. The summed E-state index contributed by atoms with van der Waals surface area (Å²) in [5.74, 6) is 2.15. The fourth-order valence-corrected chi connectivity index (χ4v) is 2.30. The summed E-state index contributed by atoms with van der Waals surface area (Å²) in [7, 11) is 0. The SMILES string of the molecule is CCNc1cc(Oc2cc(C)cc(C)c2)nc(SC)n1. The minimum absolute atomic E-state index is 0.560. The minimum Gasteiger partial charge on any atom is -0.439 e. The summed E-state index contributed by atoms with van der Waals surface area (Å²) in [6, 6.07) is 7.94. The lowest BCUT2D eigenvalue weighted by atomic mass is 10.1. The Labute approximate surface area is 124 Å². The van der Waals surface area contributed by atoms with Crippen LogP contribution < -0.4 is 10.1 Å². The second kappa shape index (κ2) is 6.61. The van der Waals surface area contributed by atoms with Gasteiger partial charge in [-0.25, -0.2) is 4.98 Å². The molecule has 0 radical (unpaired) electrons. The van der Waals surface area contributed by atoms with Gasteiger partial charge in [-0.1, -0.05) is 17.8 Å². The molecular weight excluding hydrogens is 270 g/mol. The summed E-state index contributed by atoms with van der Waals surface area (Å²) in [5.41, 5.74) is 2.34. The molecule has 4 nitrogen and oxygen atoms in total. The van der Waals surface area contributed by atoms with Crippen LogP contribution in [-0.2, 0) is 0 Å². The van der Waals surface area contributed by atoms with Gasteiger partial charge < -0.3 is 10.1 Å². The van der Waals surface area contributed by atoms with E-state index < -0.39 is 0 Å². The van der Waals surface area contributed by atoms with Crippen molar-refractivity contribution < 1.29 is 4.74 Å². The lowest BCUT2D eigenvalue weighted by Crippen LogP contribution is -2.02. The van der Waals surface area contributed by atoms with Crippen LogP contribution in [0, 0.1) is 13.8 Å². The van der Waals surface area contributed by atoms with Crippen LogP contribution >= 0.6 is 11.8 Å². The van der Waals surface area contributed by atoms with Gasteiger partial charge in [0.1, 0.15) is 11.6 Å². The summed E-state index contributed by atoms with van der Waals surface area (Å²) < 4.78 is 5.87. The highest BCUT2D eigenvalue weighted by Gasteiger charge is 2.06. The van der Waals surface area contributed by atoms with Gasteiger partial charge in [0.2, 0.25) is 5.88 Å². The Bertz CT molecular complexity index is 581. The van der Waals surface area contributed by atoms with Gasteiger partial charge in [-0.2, -0.15) is 4.98 Å². The maximum Gasteiger partial charge on any atom is 0.225 e. The topological polar surface area (TPSA) is 47.0 Å². The molecule has 5 heteroatoms. The predicted molar refractivity (Wildman–Crippen MR) is 84.0 cm³/mol. The molecule has 0 spiro atoms. The van der Waals surface area contributed by atoms with Gasteiger partial charge in [-0.05, 0) is 50.3 Å². The third kappa shape index (κ3) is 3.87. The van der Waals surface area contributed by atoms with E-state index in [0.717, 1.165) is 18.1 Å². The quantitative estimate of drug-likeness (QED) is 0.665. The molecule has 1 aromatic carbocycles. The number of aryl methyl sites for hydroxylation is 2. The third-order valence-electron chi connectivity index (χ3n) is 2.64. The van der Waals surface area contributed by atoms with Gasteiger partial charge in [-0.15, -0.1) is 0 Å². The summed E-state index contributed by atoms with van der Waals surface area (Å²) in [4.78, 5) is 8.76. The van der Waals surface area contributed by atoms with E-state index in [1.807, 2.05) is 31.4 Å². The van der Waals surface area contributed by atoms with Gasteiger partial charge in [-0.3, -0.25) is 0 Å². The first-order valence-electron chi connectivity index (χ1n) is 6.54. The van der Waals surface area contributed by atoms with E-state index in [0.29, 0.717) is 11.0 Å². The standard InChI is InChI=1S/C15H19N3OS/c1-5-16-13-9-14(18-15(17-13)20-4)19-12-7-10(2)6-11(3)8-12/h6-9H,5H2,1-4H3,(H,16,17,18). The number of hydrogen-bond donors (Lipinski definition) is 1. The van der Waals surface area contributed by atoms with E-state index >= 15 is 0 Å². The highest BCUT2D eigenvalue weighted by molar-refractivity contribution is 7.98. The molecule has 2 rings (SSSR count). The van der Waals surface area contributed by atoms with Crippen LogP contribution in [0.15, 0.2) is 29.4 Å². The fraction of sp³-hybridized carbons (Fsp3) is 0.333. The number of benzene rings is 1. The first-order chi connectivity index (χ1) is 9.60. The first kappa shape index (κ1) is 14.7. The molecule has 0 aliphatic rings. The van der Waals surface area contributed by atoms with Crippen LogP contribution in [0.25, 0.3) is 0 Å².